The molecular weight excluding hydrogens is 216 g/mol. The summed E-state index contributed by atoms with van der Waals surface area (Å²) in [6, 6.07) is 7.75. The van der Waals surface area contributed by atoms with Crippen LogP contribution in [-0.2, 0) is 16.8 Å². The standard InChI is InChI=1S/C14H20O3/c1-3-4-11-5-7-12(8-6-11)14(2,17)10-9-13(15)16/h5-8,17H,3-4,9-10H2,1-2H3,(H,15,16). The lowest BCUT2D eigenvalue weighted by Crippen LogP contribution is -2.22. The van der Waals surface area contributed by atoms with E-state index in [4.69, 9.17) is 5.11 Å². The van der Waals surface area contributed by atoms with Crippen LogP contribution in [0, 0.1) is 0 Å². The Kier molecular flexibility index (Phi) is 4.70. The Labute approximate surface area is 102 Å². The number of hydrogen-bond donors (Lipinski definition) is 2. The molecule has 3 nitrogen and oxygen atoms in total. The van der Waals surface area contributed by atoms with E-state index in [1.807, 2.05) is 24.3 Å². The van der Waals surface area contributed by atoms with E-state index in [-0.39, 0.29) is 12.8 Å². The van der Waals surface area contributed by atoms with Crippen molar-refractivity contribution in [3.63, 3.8) is 0 Å². The van der Waals surface area contributed by atoms with E-state index < -0.39 is 11.6 Å². The van der Waals surface area contributed by atoms with Gasteiger partial charge in [0.05, 0.1) is 5.60 Å². The quantitative estimate of drug-likeness (QED) is 0.798. The smallest absolute Gasteiger partial charge is 0.303 e. The fourth-order valence-electron chi connectivity index (χ4n) is 1.81. The van der Waals surface area contributed by atoms with Crippen molar-refractivity contribution < 1.29 is 15.0 Å². The number of carboxylic acid groups (broad SMARTS) is 1. The predicted molar refractivity (Wildman–Crippen MR) is 66.9 cm³/mol. The maximum atomic E-state index is 10.5. The largest absolute Gasteiger partial charge is 0.481 e. The highest BCUT2D eigenvalue weighted by Gasteiger charge is 2.23. The molecule has 1 aromatic rings. The lowest BCUT2D eigenvalue weighted by Gasteiger charge is -2.23. The Bertz CT molecular complexity index is 366. The van der Waals surface area contributed by atoms with Gasteiger partial charge in [0.2, 0.25) is 0 Å². The summed E-state index contributed by atoms with van der Waals surface area (Å²) in [5, 5.41) is 18.8. The molecule has 3 heteroatoms. The van der Waals surface area contributed by atoms with Crippen LogP contribution in [0.25, 0.3) is 0 Å². The van der Waals surface area contributed by atoms with Gasteiger partial charge in [-0.15, -0.1) is 0 Å². The van der Waals surface area contributed by atoms with Gasteiger partial charge in [-0.25, -0.2) is 0 Å². The predicted octanol–water partition coefficient (Wildman–Crippen LogP) is 2.71. The molecule has 0 spiro atoms. The van der Waals surface area contributed by atoms with E-state index >= 15 is 0 Å². The number of aliphatic carboxylic acids is 1. The Hall–Kier alpha value is -1.35. The van der Waals surface area contributed by atoms with Crippen LogP contribution < -0.4 is 0 Å². The molecule has 94 valence electrons. The molecule has 0 radical (unpaired) electrons. The zero-order chi connectivity index (χ0) is 12.9. The summed E-state index contributed by atoms with van der Waals surface area (Å²) in [7, 11) is 0. The van der Waals surface area contributed by atoms with E-state index in [2.05, 4.69) is 6.92 Å². The number of aryl methyl sites for hydroxylation is 1. The van der Waals surface area contributed by atoms with Gasteiger partial charge in [0.25, 0.3) is 0 Å². The first kappa shape index (κ1) is 13.7. The zero-order valence-electron chi connectivity index (χ0n) is 10.4. The first-order chi connectivity index (χ1) is 7.95. The van der Waals surface area contributed by atoms with Crippen LogP contribution in [-0.4, -0.2) is 16.2 Å². The monoisotopic (exact) mass is 236 g/mol. The maximum Gasteiger partial charge on any atom is 0.303 e. The normalized spacial score (nSPS) is 14.3. The van der Waals surface area contributed by atoms with Crippen LogP contribution in [0.3, 0.4) is 0 Å². The Balaban J connectivity index is 2.73. The van der Waals surface area contributed by atoms with Crippen LogP contribution in [0.15, 0.2) is 24.3 Å². The zero-order valence-corrected chi connectivity index (χ0v) is 10.4. The van der Waals surface area contributed by atoms with E-state index in [0.29, 0.717) is 0 Å². The number of benzene rings is 1. The van der Waals surface area contributed by atoms with Gasteiger partial charge < -0.3 is 10.2 Å². The lowest BCUT2D eigenvalue weighted by atomic mass is 9.90. The fraction of sp³-hybridized carbons (Fsp3) is 0.500. The molecule has 0 heterocycles. The molecule has 0 bridgehead atoms. The third-order valence-electron chi connectivity index (χ3n) is 2.94. The summed E-state index contributed by atoms with van der Waals surface area (Å²) in [6.45, 7) is 3.78. The Morgan fingerprint density at radius 2 is 1.88 bits per heavy atom. The summed E-state index contributed by atoms with van der Waals surface area (Å²) >= 11 is 0. The van der Waals surface area contributed by atoms with Gasteiger partial charge >= 0.3 is 5.97 Å². The van der Waals surface area contributed by atoms with Gasteiger partial charge in [0.15, 0.2) is 0 Å². The van der Waals surface area contributed by atoms with Gasteiger partial charge in [0.1, 0.15) is 0 Å². The second kappa shape index (κ2) is 5.82. The maximum absolute atomic E-state index is 10.5. The molecule has 0 fully saturated rings. The minimum atomic E-state index is -1.07. The third-order valence-corrected chi connectivity index (χ3v) is 2.94. The van der Waals surface area contributed by atoms with E-state index in [0.717, 1.165) is 18.4 Å². The van der Waals surface area contributed by atoms with Crippen LogP contribution in [0.5, 0.6) is 0 Å². The van der Waals surface area contributed by atoms with Gasteiger partial charge in [-0.05, 0) is 30.9 Å². The van der Waals surface area contributed by atoms with Crippen molar-refractivity contribution in [3.05, 3.63) is 35.4 Å². The molecule has 2 N–H and O–H groups in total. The first-order valence-electron chi connectivity index (χ1n) is 5.99. The number of carboxylic acids is 1. The van der Waals surface area contributed by atoms with Crippen molar-refractivity contribution in [2.75, 3.05) is 0 Å². The topological polar surface area (TPSA) is 57.5 Å². The van der Waals surface area contributed by atoms with E-state index in [1.54, 1.807) is 6.92 Å². The van der Waals surface area contributed by atoms with Crippen molar-refractivity contribution in [1.29, 1.82) is 0 Å². The molecule has 1 atom stereocenters. The van der Waals surface area contributed by atoms with Crippen LogP contribution >= 0.6 is 0 Å². The summed E-state index contributed by atoms with van der Waals surface area (Å²) in [6.07, 6.45) is 2.32. The van der Waals surface area contributed by atoms with Crippen molar-refractivity contribution in [3.8, 4) is 0 Å². The van der Waals surface area contributed by atoms with Crippen molar-refractivity contribution in [2.45, 2.75) is 45.1 Å². The van der Waals surface area contributed by atoms with Crippen molar-refractivity contribution >= 4 is 5.97 Å². The average Bonchev–Trinajstić information content (AvgIpc) is 2.28. The average molecular weight is 236 g/mol. The van der Waals surface area contributed by atoms with Crippen molar-refractivity contribution in [1.82, 2.24) is 0 Å². The third kappa shape index (κ3) is 4.19. The first-order valence-corrected chi connectivity index (χ1v) is 5.99. The number of hydrogen-bond acceptors (Lipinski definition) is 2. The fourth-order valence-corrected chi connectivity index (χ4v) is 1.81. The van der Waals surface area contributed by atoms with Crippen LogP contribution in [0.2, 0.25) is 0 Å². The van der Waals surface area contributed by atoms with Gasteiger partial charge in [-0.3, -0.25) is 4.79 Å². The molecule has 0 aliphatic rings. The van der Waals surface area contributed by atoms with E-state index in [1.165, 1.54) is 5.56 Å². The van der Waals surface area contributed by atoms with E-state index in [9.17, 15) is 9.90 Å². The van der Waals surface area contributed by atoms with Crippen molar-refractivity contribution in [2.24, 2.45) is 0 Å². The van der Waals surface area contributed by atoms with Crippen LogP contribution in [0.1, 0.15) is 44.2 Å². The Morgan fingerprint density at radius 3 is 2.35 bits per heavy atom. The summed E-state index contributed by atoms with van der Waals surface area (Å²) in [5.41, 5.74) is 0.951. The highest BCUT2D eigenvalue weighted by molar-refractivity contribution is 5.66. The number of carbonyl (C=O) groups is 1. The molecule has 0 saturated heterocycles. The minimum Gasteiger partial charge on any atom is -0.481 e. The SMILES string of the molecule is CCCc1ccc(C(C)(O)CCC(=O)O)cc1. The minimum absolute atomic E-state index is 0.0241. The van der Waals surface area contributed by atoms with Gasteiger partial charge in [-0.1, -0.05) is 37.6 Å². The number of aliphatic hydroxyl groups is 1. The molecule has 0 aliphatic carbocycles. The molecular formula is C14H20O3. The lowest BCUT2D eigenvalue weighted by molar-refractivity contribution is -0.138. The van der Waals surface area contributed by atoms with Gasteiger partial charge in [0, 0.05) is 6.42 Å². The highest BCUT2D eigenvalue weighted by Crippen LogP contribution is 2.26. The van der Waals surface area contributed by atoms with Gasteiger partial charge in [-0.2, -0.15) is 0 Å². The molecule has 1 aromatic carbocycles. The molecule has 0 amide bonds. The molecule has 0 saturated carbocycles. The summed E-state index contributed by atoms with van der Waals surface area (Å²) < 4.78 is 0. The summed E-state index contributed by atoms with van der Waals surface area (Å²) in [5.74, 6) is -0.882. The summed E-state index contributed by atoms with van der Waals surface area (Å²) in [4.78, 5) is 10.5. The van der Waals surface area contributed by atoms with Crippen LogP contribution in [0.4, 0.5) is 0 Å². The molecule has 1 rings (SSSR count). The molecule has 0 aliphatic heterocycles. The second-order valence-electron chi connectivity index (χ2n) is 4.61. The second-order valence-corrected chi connectivity index (χ2v) is 4.61. The molecule has 17 heavy (non-hydrogen) atoms. The molecule has 0 aromatic heterocycles. The number of rotatable bonds is 6. The molecule has 1 unspecified atom stereocenters. The highest BCUT2D eigenvalue weighted by atomic mass is 16.4. The Morgan fingerprint density at radius 1 is 1.29 bits per heavy atom.